The number of rotatable bonds is 5. The van der Waals surface area contributed by atoms with Gasteiger partial charge in [-0.3, -0.25) is 4.79 Å². The molecule has 0 aliphatic heterocycles. The van der Waals surface area contributed by atoms with Crippen molar-refractivity contribution in [2.45, 2.75) is 97.5 Å². The predicted molar refractivity (Wildman–Crippen MR) is 98.7 cm³/mol. The summed E-state index contributed by atoms with van der Waals surface area (Å²) in [6, 6.07) is 0. The fraction of sp³-hybridized carbons (Fsp3) is 0.955. The van der Waals surface area contributed by atoms with Crippen molar-refractivity contribution in [1.82, 2.24) is 0 Å². The Bertz CT molecular complexity index is 445. The Hall–Kier alpha value is -0.370. The number of fused-ring (bicyclic) bond motifs is 1. The van der Waals surface area contributed by atoms with Crippen LogP contribution < -0.4 is 0 Å². The summed E-state index contributed by atoms with van der Waals surface area (Å²) in [7, 11) is 0. The van der Waals surface area contributed by atoms with E-state index < -0.39 is 0 Å². The molecule has 7 atom stereocenters. The van der Waals surface area contributed by atoms with Gasteiger partial charge in [-0.2, -0.15) is 0 Å². The molecule has 0 saturated heterocycles. The molecule has 0 heterocycles. The van der Waals surface area contributed by atoms with E-state index in [0.29, 0.717) is 11.7 Å². The number of Topliss-reactive ketones (excluding diaryl/α,β-unsaturated/α-hetero) is 1. The van der Waals surface area contributed by atoms with Crippen LogP contribution in [0.1, 0.15) is 91.4 Å². The average Bonchev–Trinajstić information content (AvgIpc) is 2.90. The number of hydrogen-bond donors (Lipinski definition) is 1. The van der Waals surface area contributed by atoms with E-state index >= 15 is 0 Å². The van der Waals surface area contributed by atoms with Gasteiger partial charge in [-0.05, 0) is 81.0 Å². The molecule has 3 rings (SSSR count). The Balaban J connectivity index is 1.68. The van der Waals surface area contributed by atoms with Crippen molar-refractivity contribution < 1.29 is 9.90 Å². The number of hydrogen-bond acceptors (Lipinski definition) is 2. The first kappa shape index (κ1) is 18.4. The van der Waals surface area contributed by atoms with Crippen LogP contribution in [0.4, 0.5) is 0 Å². The number of carbonyl (C=O) groups excluding carboxylic acids is 1. The molecule has 0 bridgehead atoms. The first-order chi connectivity index (χ1) is 11.5. The molecule has 0 amide bonds. The maximum absolute atomic E-state index is 12.2. The van der Waals surface area contributed by atoms with Gasteiger partial charge in [0.05, 0.1) is 6.10 Å². The maximum Gasteiger partial charge on any atom is 0.133 e. The minimum atomic E-state index is -0.0454. The molecule has 0 aromatic rings. The molecular weight excluding hydrogens is 296 g/mol. The average molecular weight is 335 g/mol. The summed E-state index contributed by atoms with van der Waals surface area (Å²) in [5.74, 6) is 3.94. The number of aliphatic hydroxyl groups excluding tert-OH is 1. The number of carbonyl (C=O) groups is 1. The van der Waals surface area contributed by atoms with E-state index in [9.17, 15) is 9.90 Å². The molecule has 7 unspecified atom stereocenters. The lowest BCUT2D eigenvalue weighted by Crippen LogP contribution is -2.43. The maximum atomic E-state index is 12.2. The molecule has 24 heavy (non-hydrogen) atoms. The molecule has 0 aromatic carbocycles. The van der Waals surface area contributed by atoms with Gasteiger partial charge in [-0.15, -0.1) is 0 Å². The summed E-state index contributed by atoms with van der Waals surface area (Å²) >= 11 is 0. The monoisotopic (exact) mass is 334 g/mol. The lowest BCUT2D eigenvalue weighted by atomic mass is 9.56. The SMILES string of the molecule is CCC1CCC2(C)C(C(C)=O)CCC2C1CCC1CCCC(O)C1. The van der Waals surface area contributed by atoms with Gasteiger partial charge in [0.1, 0.15) is 5.78 Å². The normalized spacial score (nSPS) is 45.8. The fourth-order valence-corrected chi connectivity index (χ4v) is 6.93. The van der Waals surface area contributed by atoms with Crippen LogP contribution in [-0.4, -0.2) is 17.0 Å². The summed E-state index contributed by atoms with van der Waals surface area (Å²) in [5.41, 5.74) is 0.272. The second-order valence-corrected chi connectivity index (χ2v) is 9.49. The van der Waals surface area contributed by atoms with Crippen LogP contribution >= 0.6 is 0 Å². The first-order valence-electron chi connectivity index (χ1n) is 10.6. The predicted octanol–water partition coefficient (Wildman–Crippen LogP) is 5.38. The molecule has 1 N–H and O–H groups in total. The zero-order valence-corrected chi connectivity index (χ0v) is 16.1. The van der Waals surface area contributed by atoms with Crippen molar-refractivity contribution >= 4 is 5.78 Å². The highest BCUT2D eigenvalue weighted by Crippen LogP contribution is 2.60. The van der Waals surface area contributed by atoms with Crippen LogP contribution in [0.3, 0.4) is 0 Å². The number of ketones is 1. The van der Waals surface area contributed by atoms with E-state index in [1.54, 1.807) is 0 Å². The van der Waals surface area contributed by atoms with E-state index in [1.165, 1.54) is 51.4 Å². The zero-order valence-electron chi connectivity index (χ0n) is 16.1. The molecular formula is C22H38O2. The standard InChI is InChI=1S/C22H38O2/c1-4-17-12-13-22(3)20(15(2)23)10-11-21(22)19(17)9-8-16-6-5-7-18(24)14-16/h16-21,24H,4-14H2,1-3H3. The minimum absolute atomic E-state index is 0.0454. The molecule has 0 aromatic heterocycles. The fourth-order valence-electron chi connectivity index (χ4n) is 6.93. The summed E-state index contributed by atoms with van der Waals surface area (Å²) in [4.78, 5) is 12.2. The highest BCUT2D eigenvalue weighted by Gasteiger charge is 2.54. The van der Waals surface area contributed by atoms with Gasteiger partial charge in [-0.25, -0.2) is 0 Å². The van der Waals surface area contributed by atoms with Crippen LogP contribution in [0.25, 0.3) is 0 Å². The summed E-state index contributed by atoms with van der Waals surface area (Å²) in [5, 5.41) is 9.96. The van der Waals surface area contributed by atoms with Gasteiger partial charge < -0.3 is 5.11 Å². The zero-order chi connectivity index (χ0) is 17.3. The third kappa shape index (κ3) is 3.45. The lowest BCUT2D eigenvalue weighted by molar-refractivity contribution is -0.126. The molecule has 3 saturated carbocycles. The third-order valence-corrected chi connectivity index (χ3v) is 8.26. The Labute approximate surface area is 148 Å². The van der Waals surface area contributed by atoms with Gasteiger partial charge in [0.2, 0.25) is 0 Å². The molecule has 0 spiro atoms. The highest BCUT2D eigenvalue weighted by atomic mass is 16.3. The molecule has 138 valence electrons. The van der Waals surface area contributed by atoms with E-state index in [1.807, 2.05) is 6.92 Å². The second kappa shape index (κ2) is 7.48. The molecule has 2 nitrogen and oxygen atoms in total. The highest BCUT2D eigenvalue weighted by molar-refractivity contribution is 5.79. The second-order valence-electron chi connectivity index (χ2n) is 9.49. The van der Waals surface area contributed by atoms with Crippen LogP contribution in [-0.2, 0) is 4.79 Å². The van der Waals surface area contributed by atoms with Gasteiger partial charge in [-0.1, -0.05) is 39.5 Å². The van der Waals surface area contributed by atoms with E-state index in [4.69, 9.17) is 0 Å². The molecule has 2 heteroatoms. The molecule has 0 radical (unpaired) electrons. The lowest BCUT2D eigenvalue weighted by Gasteiger charge is -2.49. The molecule has 3 aliphatic rings. The Morgan fingerprint density at radius 2 is 1.92 bits per heavy atom. The van der Waals surface area contributed by atoms with Crippen molar-refractivity contribution in [2.24, 2.45) is 35.0 Å². The van der Waals surface area contributed by atoms with Crippen LogP contribution in [0.15, 0.2) is 0 Å². The molecule has 3 aliphatic carbocycles. The summed E-state index contributed by atoms with van der Waals surface area (Å²) in [6.45, 7) is 6.62. The van der Waals surface area contributed by atoms with Crippen molar-refractivity contribution in [3.05, 3.63) is 0 Å². The van der Waals surface area contributed by atoms with Crippen LogP contribution in [0.5, 0.6) is 0 Å². The number of aliphatic hydroxyl groups is 1. The van der Waals surface area contributed by atoms with Gasteiger partial charge in [0.25, 0.3) is 0 Å². The van der Waals surface area contributed by atoms with E-state index in [2.05, 4.69) is 13.8 Å². The Kier molecular flexibility index (Phi) is 5.74. The van der Waals surface area contributed by atoms with E-state index in [0.717, 1.165) is 42.9 Å². The largest absolute Gasteiger partial charge is 0.393 e. The smallest absolute Gasteiger partial charge is 0.133 e. The topological polar surface area (TPSA) is 37.3 Å². The quantitative estimate of drug-likeness (QED) is 0.733. The van der Waals surface area contributed by atoms with Crippen molar-refractivity contribution in [3.63, 3.8) is 0 Å². The van der Waals surface area contributed by atoms with E-state index in [-0.39, 0.29) is 11.5 Å². The summed E-state index contributed by atoms with van der Waals surface area (Å²) < 4.78 is 0. The van der Waals surface area contributed by atoms with Crippen LogP contribution in [0, 0.1) is 35.0 Å². The van der Waals surface area contributed by atoms with Gasteiger partial charge in [0.15, 0.2) is 0 Å². The van der Waals surface area contributed by atoms with Gasteiger partial charge >= 0.3 is 0 Å². The van der Waals surface area contributed by atoms with Crippen LogP contribution in [0.2, 0.25) is 0 Å². The third-order valence-electron chi connectivity index (χ3n) is 8.26. The van der Waals surface area contributed by atoms with Gasteiger partial charge in [0, 0.05) is 5.92 Å². The Morgan fingerprint density at radius 1 is 1.12 bits per heavy atom. The Morgan fingerprint density at radius 3 is 2.58 bits per heavy atom. The van der Waals surface area contributed by atoms with Crippen molar-refractivity contribution in [3.8, 4) is 0 Å². The van der Waals surface area contributed by atoms with Crippen molar-refractivity contribution in [1.29, 1.82) is 0 Å². The molecule has 3 fully saturated rings. The van der Waals surface area contributed by atoms with Crippen molar-refractivity contribution in [2.75, 3.05) is 0 Å². The minimum Gasteiger partial charge on any atom is -0.393 e. The summed E-state index contributed by atoms with van der Waals surface area (Å²) in [6.07, 6.45) is 13.5. The first-order valence-corrected chi connectivity index (χ1v) is 10.6.